The number of rotatable bonds is 32. The average molecular weight is 1090 g/mol. The molecule has 2 heterocycles. The minimum absolute atomic E-state index is 0.0244. The van der Waals surface area contributed by atoms with Crippen molar-refractivity contribution in [2.75, 3.05) is 40.6 Å². The van der Waals surface area contributed by atoms with Gasteiger partial charge in [0.15, 0.2) is 5.78 Å². The molecule has 3 aliphatic rings. The van der Waals surface area contributed by atoms with Gasteiger partial charge >= 0.3 is 5.97 Å². The van der Waals surface area contributed by atoms with Crippen LogP contribution in [0.2, 0.25) is 0 Å². The number of carbonyl (C=O) groups excluding carboxylic acids is 5. The summed E-state index contributed by atoms with van der Waals surface area (Å²) in [5.74, 6) is -7.92. The Kier molecular flexibility index (Phi) is 27.9. The van der Waals surface area contributed by atoms with Crippen molar-refractivity contribution < 1.29 is 72.8 Å². The zero-order chi connectivity index (χ0) is 57.7. The number of esters is 1. The molecule has 0 aromatic heterocycles. The van der Waals surface area contributed by atoms with Crippen LogP contribution in [0, 0.1) is 35.5 Å². The monoisotopic (exact) mass is 1090 g/mol. The van der Waals surface area contributed by atoms with E-state index in [1.54, 1.807) is 58.2 Å². The molecule has 438 valence electrons. The molecule has 0 spiro atoms. The number of methoxy groups -OCH3 is 2. The molecule has 2 aliphatic heterocycles. The predicted molar refractivity (Wildman–Crippen MR) is 298 cm³/mol. The molecule has 1 aromatic carbocycles. The summed E-state index contributed by atoms with van der Waals surface area (Å²) in [5.41, 5.74) is 1.87. The fourth-order valence-electron chi connectivity index (χ4n) is 11.3. The van der Waals surface area contributed by atoms with Crippen LogP contribution in [0.1, 0.15) is 151 Å². The van der Waals surface area contributed by atoms with Gasteiger partial charge in [0.05, 0.1) is 31.0 Å². The van der Waals surface area contributed by atoms with Gasteiger partial charge in [0.1, 0.15) is 36.2 Å². The number of piperidine rings is 1. The van der Waals surface area contributed by atoms with Gasteiger partial charge in [-0.1, -0.05) is 109 Å². The summed E-state index contributed by atoms with van der Waals surface area (Å²) in [6.07, 6.45) is 8.64. The number of allylic oxidation sites excluding steroid dienone is 5. The van der Waals surface area contributed by atoms with Crippen molar-refractivity contribution in [3.05, 3.63) is 84.0 Å². The van der Waals surface area contributed by atoms with E-state index in [0.717, 1.165) is 18.4 Å². The van der Waals surface area contributed by atoms with Gasteiger partial charge in [0.2, 0.25) is 5.79 Å². The smallest absolute Gasteiger partial charge is 0.329 e. The summed E-state index contributed by atoms with van der Waals surface area (Å²) >= 11 is 0. The fourth-order valence-corrected chi connectivity index (χ4v) is 11.3. The Hall–Kier alpha value is -4.23. The van der Waals surface area contributed by atoms with Gasteiger partial charge in [-0.15, -0.1) is 0 Å². The van der Waals surface area contributed by atoms with E-state index in [1.165, 1.54) is 12.0 Å². The van der Waals surface area contributed by atoms with E-state index >= 15 is 0 Å². The van der Waals surface area contributed by atoms with Crippen LogP contribution in [-0.2, 0) is 52.4 Å². The van der Waals surface area contributed by atoms with Crippen LogP contribution in [0.15, 0.2) is 78.4 Å². The highest BCUT2D eigenvalue weighted by Gasteiger charge is 2.53. The Balaban J connectivity index is 1.56. The maximum atomic E-state index is 14.6. The molecule has 78 heavy (non-hydrogen) atoms. The van der Waals surface area contributed by atoms with E-state index < -0.39 is 77.9 Å². The molecule has 1 amide bonds. The number of ketones is 3. The minimum atomic E-state index is -2.52. The highest BCUT2D eigenvalue weighted by molar-refractivity contribution is 6.39. The predicted octanol–water partition coefficient (Wildman–Crippen LogP) is 8.33. The second-order valence-electron chi connectivity index (χ2n) is 22.8. The summed E-state index contributed by atoms with van der Waals surface area (Å²) < 4.78 is 36.4. The number of hydrogen-bond acceptors (Lipinski definition) is 15. The van der Waals surface area contributed by atoms with Gasteiger partial charge in [0, 0.05) is 64.6 Å². The Labute approximate surface area is 465 Å². The lowest BCUT2D eigenvalue weighted by molar-refractivity contribution is -0.266. The van der Waals surface area contributed by atoms with Crippen LogP contribution in [0.4, 0.5) is 0 Å². The number of Topliss-reactive ketones (excluding diaryl/α,β-unsaturated/α-hetero) is 3. The Morgan fingerprint density at radius 3 is 2.28 bits per heavy atom. The van der Waals surface area contributed by atoms with Crippen molar-refractivity contribution in [3.63, 3.8) is 0 Å². The normalized spacial score (nSPS) is 26.6. The van der Waals surface area contributed by atoms with E-state index in [0.29, 0.717) is 69.1 Å². The van der Waals surface area contributed by atoms with Crippen molar-refractivity contribution in [1.29, 1.82) is 0 Å². The van der Waals surface area contributed by atoms with Gasteiger partial charge < -0.3 is 53.7 Å². The third kappa shape index (κ3) is 19.2. The molecule has 1 aliphatic carbocycles. The van der Waals surface area contributed by atoms with E-state index in [1.807, 2.05) is 65.0 Å². The SMILES string of the molecule is C=C/C=C/C=C(\C)C(C[C@@H]1CC[C@@H](C)[C@](O)(C(=O)C(=O)N2CCCCC2C(=O)O[C@@H](CC(=O)[C@H](C)/C=C(\C)[C@@H](O)[C@@H](OC)C(=O)[C@H](C)CC(C)C)[C@H](C)C[C@@H]2CC[C@@H](OCCCO)[C@H](OC)C2)O1)OC[C@@H](O)c1ccccc1. The average Bonchev–Trinajstić information content (AvgIpc) is 3.44. The molecule has 16 heteroatoms. The number of aliphatic hydroxyl groups excluding tert-OH is 3. The number of benzene rings is 1. The number of hydrogen-bond donors (Lipinski definition) is 4. The molecule has 4 N–H and O–H groups in total. The molecule has 0 bridgehead atoms. The van der Waals surface area contributed by atoms with Crippen molar-refractivity contribution in [2.45, 2.75) is 200 Å². The van der Waals surface area contributed by atoms with Crippen LogP contribution in [0.5, 0.6) is 0 Å². The Bertz CT molecular complexity index is 2160. The van der Waals surface area contributed by atoms with Crippen LogP contribution < -0.4 is 0 Å². The van der Waals surface area contributed by atoms with Crippen molar-refractivity contribution in [1.82, 2.24) is 4.90 Å². The van der Waals surface area contributed by atoms with Crippen molar-refractivity contribution in [3.8, 4) is 0 Å². The molecule has 4 rings (SSSR count). The van der Waals surface area contributed by atoms with Gasteiger partial charge in [-0.05, 0) is 119 Å². The first-order valence-corrected chi connectivity index (χ1v) is 28.6. The Morgan fingerprint density at radius 2 is 1.63 bits per heavy atom. The van der Waals surface area contributed by atoms with E-state index in [2.05, 4.69) is 6.58 Å². The first-order chi connectivity index (χ1) is 37.1. The summed E-state index contributed by atoms with van der Waals surface area (Å²) in [5, 5.41) is 43.8. The van der Waals surface area contributed by atoms with Crippen LogP contribution in [0.25, 0.3) is 0 Å². The highest BCUT2D eigenvalue weighted by Crippen LogP contribution is 2.38. The lowest BCUT2D eigenvalue weighted by atomic mass is 9.78. The van der Waals surface area contributed by atoms with Gasteiger partial charge in [-0.3, -0.25) is 19.2 Å². The zero-order valence-electron chi connectivity index (χ0n) is 48.4. The number of likely N-dealkylation sites (tertiary alicyclic amines) is 1. The topological polar surface area (TPSA) is 225 Å². The number of aliphatic hydroxyl groups is 4. The maximum absolute atomic E-state index is 14.6. The molecule has 0 radical (unpaired) electrons. The van der Waals surface area contributed by atoms with E-state index in [9.17, 15) is 44.4 Å². The molecule has 2 unspecified atom stereocenters. The lowest BCUT2D eigenvalue weighted by Gasteiger charge is -2.43. The maximum Gasteiger partial charge on any atom is 0.329 e. The second-order valence-corrected chi connectivity index (χ2v) is 22.8. The van der Waals surface area contributed by atoms with E-state index in [-0.39, 0.29) is 86.5 Å². The number of carbonyl (C=O) groups is 5. The first-order valence-electron chi connectivity index (χ1n) is 28.6. The first kappa shape index (κ1) is 66.3. The van der Waals surface area contributed by atoms with Gasteiger partial charge in [0.25, 0.3) is 11.7 Å². The quantitative estimate of drug-likeness (QED) is 0.0175. The third-order valence-corrected chi connectivity index (χ3v) is 16.1. The summed E-state index contributed by atoms with van der Waals surface area (Å²) in [6.45, 7) is 18.8. The number of amides is 1. The Morgan fingerprint density at radius 1 is 0.910 bits per heavy atom. The third-order valence-electron chi connectivity index (χ3n) is 16.1. The molecule has 2 saturated heterocycles. The summed E-state index contributed by atoms with van der Waals surface area (Å²) in [6, 6.07) is 7.94. The van der Waals surface area contributed by atoms with Gasteiger partial charge in [-0.25, -0.2) is 4.79 Å². The van der Waals surface area contributed by atoms with Crippen LogP contribution >= 0.6 is 0 Å². The van der Waals surface area contributed by atoms with Crippen molar-refractivity contribution in [2.24, 2.45) is 35.5 Å². The summed E-state index contributed by atoms with van der Waals surface area (Å²) in [4.78, 5) is 72.5. The molecule has 1 saturated carbocycles. The minimum Gasteiger partial charge on any atom is -0.460 e. The van der Waals surface area contributed by atoms with E-state index in [4.69, 9.17) is 28.4 Å². The largest absolute Gasteiger partial charge is 0.460 e. The molecule has 15 atom stereocenters. The lowest BCUT2D eigenvalue weighted by Crippen LogP contribution is -2.61. The molecule has 16 nitrogen and oxygen atoms in total. The number of nitrogens with zero attached hydrogens (tertiary/aromatic N) is 1. The van der Waals surface area contributed by atoms with Crippen LogP contribution in [-0.4, -0.2) is 150 Å². The standard InChI is InChI=1S/C62H95NO15/c1-12-13-15-21-40(4)53(76-38-51(66)47-22-16-14-17-23-47)36-48-27-25-45(9)62(72,78-48)59(69)60(70)63-29-19-18-24-49(63)61(71)77-54(42(6)34-46-26-28-52(55(35-46)73-10)75-31-20-30-64)37-50(65)41(5)33-44(8)57(68)58(74-11)56(67)43(7)32-39(2)3/h12-17,21-23,33,39,41-43,45-46,48-49,51-55,57-58,64,66,68,72H,1,18-20,24-32,34-38H2,2-11H3/b15-13+,40-21+,44-33+/t41-,42-,43-,45-,46+,48+,49?,51-,52-,53?,54+,55-,57-,58+,62-/m1/s1. The zero-order valence-corrected chi connectivity index (χ0v) is 48.4. The van der Waals surface area contributed by atoms with Crippen LogP contribution in [0.3, 0.4) is 0 Å². The molecule has 3 fully saturated rings. The van der Waals surface area contributed by atoms with Crippen molar-refractivity contribution >= 4 is 29.2 Å². The summed E-state index contributed by atoms with van der Waals surface area (Å²) in [7, 11) is 3.02. The molecule has 1 aromatic rings. The fraction of sp³-hybridized carbons (Fsp3) is 0.694. The number of ether oxygens (including phenoxy) is 6. The van der Waals surface area contributed by atoms with Gasteiger partial charge in [-0.2, -0.15) is 0 Å². The highest BCUT2D eigenvalue weighted by atomic mass is 16.6. The molecular weight excluding hydrogens is 999 g/mol. The second kappa shape index (κ2) is 32.9. The molecular formula is C62H95NO15.